The van der Waals surface area contributed by atoms with Crippen molar-refractivity contribution in [2.24, 2.45) is 0 Å². The maximum atomic E-state index is 6.55. The smallest absolute Gasteiger partial charge is 0.198 e. The highest BCUT2D eigenvalue weighted by atomic mass is 16.5. The zero-order chi connectivity index (χ0) is 27.5. The quantitative estimate of drug-likeness (QED) is 0.226. The zero-order valence-electron chi connectivity index (χ0n) is 22.7. The molecule has 5 nitrogen and oxygen atoms in total. The number of rotatable bonds is 4. The topological polar surface area (TPSA) is 63.7 Å². The lowest BCUT2D eigenvalue weighted by Crippen LogP contribution is -2.29. The van der Waals surface area contributed by atoms with Gasteiger partial charge in [0.25, 0.3) is 0 Å². The molecule has 5 aromatic rings. The van der Waals surface area contributed by atoms with Crippen LogP contribution in [0.1, 0.15) is 41.8 Å². The fourth-order valence-corrected chi connectivity index (χ4v) is 6.47. The van der Waals surface area contributed by atoms with E-state index in [2.05, 4.69) is 89.1 Å². The van der Waals surface area contributed by atoms with E-state index in [1.54, 1.807) is 0 Å². The SMILES string of the molecule is C/C=C\c1c(N)oc2c1CCC=C2N(C1=C2Oc3ccccc3C2NC=C1)c1ccc2c(ccc3ccccc32)c1. The Morgan fingerprint density at radius 2 is 1.78 bits per heavy atom. The number of nitrogen functional groups attached to an aromatic ring is 1. The summed E-state index contributed by atoms with van der Waals surface area (Å²) in [5.74, 6) is 3.01. The summed E-state index contributed by atoms with van der Waals surface area (Å²) in [6, 6.07) is 27.8. The van der Waals surface area contributed by atoms with Gasteiger partial charge in [-0.15, -0.1) is 0 Å². The number of nitrogens with one attached hydrogen (secondary N) is 1. The van der Waals surface area contributed by atoms with Crippen molar-refractivity contribution in [1.82, 2.24) is 5.32 Å². The monoisotopic (exact) mass is 535 g/mol. The van der Waals surface area contributed by atoms with Crippen LogP contribution < -0.4 is 20.7 Å². The standard InChI is InChI=1S/C36H29N3O2/c1-2-8-28-27-12-7-13-30(34(27)41-36(28)37)39(31-19-20-38-33-29-11-5-6-14-32(29)40-35(31)33)24-17-18-26-23(21-24)16-15-22-9-3-4-10-25(22)26/h2-6,8-11,13-21,33,38H,7,12,37H2,1H3/b8-2-. The summed E-state index contributed by atoms with van der Waals surface area (Å²) in [7, 11) is 0. The maximum Gasteiger partial charge on any atom is 0.198 e. The molecule has 1 unspecified atom stereocenters. The predicted octanol–water partition coefficient (Wildman–Crippen LogP) is 8.46. The lowest BCUT2D eigenvalue weighted by Gasteiger charge is -2.33. The summed E-state index contributed by atoms with van der Waals surface area (Å²) < 4.78 is 12.9. The number of hydrogen-bond donors (Lipinski definition) is 2. The molecule has 1 aliphatic carbocycles. The maximum absolute atomic E-state index is 6.55. The summed E-state index contributed by atoms with van der Waals surface area (Å²) in [6.07, 6.45) is 12.2. The number of para-hydroxylation sites is 1. The number of fused-ring (bicyclic) bond motifs is 7. The summed E-state index contributed by atoms with van der Waals surface area (Å²) in [4.78, 5) is 2.28. The Morgan fingerprint density at radius 3 is 2.71 bits per heavy atom. The summed E-state index contributed by atoms with van der Waals surface area (Å²) in [5, 5.41) is 8.39. The minimum absolute atomic E-state index is 0.0676. The molecule has 0 bridgehead atoms. The third kappa shape index (κ3) is 3.62. The molecule has 1 aromatic heterocycles. The third-order valence-electron chi connectivity index (χ3n) is 8.31. The van der Waals surface area contributed by atoms with Crippen molar-refractivity contribution in [2.45, 2.75) is 25.8 Å². The van der Waals surface area contributed by atoms with Gasteiger partial charge in [-0.3, -0.25) is 0 Å². The first-order chi connectivity index (χ1) is 20.2. The zero-order valence-corrected chi connectivity index (χ0v) is 22.7. The van der Waals surface area contributed by atoms with Gasteiger partial charge in [-0.05, 0) is 71.8 Å². The number of allylic oxidation sites excluding steroid dienone is 3. The number of hydrogen-bond acceptors (Lipinski definition) is 5. The minimum atomic E-state index is -0.0676. The van der Waals surface area contributed by atoms with Gasteiger partial charge < -0.3 is 25.1 Å². The van der Waals surface area contributed by atoms with E-state index in [9.17, 15) is 0 Å². The van der Waals surface area contributed by atoms with Crippen molar-refractivity contribution in [3.8, 4) is 5.75 Å². The van der Waals surface area contributed by atoms with E-state index in [0.29, 0.717) is 5.88 Å². The van der Waals surface area contributed by atoms with Gasteiger partial charge in [-0.25, -0.2) is 0 Å². The Kier molecular flexibility index (Phi) is 5.32. The van der Waals surface area contributed by atoms with E-state index in [1.165, 1.54) is 21.5 Å². The second kappa shape index (κ2) is 9.20. The van der Waals surface area contributed by atoms with Gasteiger partial charge in [0.05, 0.1) is 11.4 Å². The molecule has 1 atom stereocenters. The van der Waals surface area contributed by atoms with Gasteiger partial charge in [-0.1, -0.05) is 78.9 Å². The summed E-state index contributed by atoms with van der Waals surface area (Å²) in [5.41, 5.74) is 12.6. The molecule has 3 aliphatic rings. The second-order valence-electron chi connectivity index (χ2n) is 10.7. The predicted molar refractivity (Wildman–Crippen MR) is 167 cm³/mol. The molecule has 3 heterocycles. The van der Waals surface area contributed by atoms with Crippen LogP contribution in [0.25, 0.3) is 33.3 Å². The Labute approximate surface area is 238 Å². The molecule has 4 aromatic carbocycles. The first-order valence-electron chi connectivity index (χ1n) is 14.1. The number of anilines is 2. The highest BCUT2D eigenvalue weighted by molar-refractivity contribution is 6.08. The number of nitrogens with two attached hydrogens (primary N) is 1. The molecule has 2 aliphatic heterocycles. The highest BCUT2D eigenvalue weighted by Crippen LogP contribution is 2.47. The van der Waals surface area contributed by atoms with Gasteiger partial charge >= 0.3 is 0 Å². The van der Waals surface area contributed by atoms with E-state index in [1.807, 2.05) is 37.4 Å². The summed E-state index contributed by atoms with van der Waals surface area (Å²) >= 11 is 0. The van der Waals surface area contributed by atoms with E-state index in [0.717, 1.165) is 63.9 Å². The molecule has 0 radical (unpaired) electrons. The van der Waals surface area contributed by atoms with Crippen LogP contribution in [0, 0.1) is 0 Å². The number of dihydropyridines is 1. The van der Waals surface area contributed by atoms with Crippen molar-refractivity contribution in [2.75, 3.05) is 10.6 Å². The molecule has 0 spiro atoms. The molecule has 0 fully saturated rings. The van der Waals surface area contributed by atoms with E-state index in [4.69, 9.17) is 14.9 Å². The van der Waals surface area contributed by atoms with Crippen LogP contribution in [-0.2, 0) is 6.42 Å². The van der Waals surface area contributed by atoms with Gasteiger partial charge in [0.2, 0.25) is 0 Å². The Morgan fingerprint density at radius 1 is 0.951 bits per heavy atom. The first-order valence-corrected chi connectivity index (χ1v) is 14.1. The van der Waals surface area contributed by atoms with Gasteiger partial charge in [-0.2, -0.15) is 0 Å². The second-order valence-corrected chi connectivity index (χ2v) is 10.7. The largest absolute Gasteiger partial charge is 0.457 e. The van der Waals surface area contributed by atoms with Crippen molar-refractivity contribution in [1.29, 1.82) is 0 Å². The number of benzene rings is 4. The number of ether oxygens (including phenoxy) is 1. The normalized spacial score (nSPS) is 17.3. The van der Waals surface area contributed by atoms with Crippen LogP contribution in [0.15, 0.2) is 119 Å². The van der Waals surface area contributed by atoms with Gasteiger partial charge in [0, 0.05) is 22.4 Å². The van der Waals surface area contributed by atoms with E-state index >= 15 is 0 Å². The van der Waals surface area contributed by atoms with Crippen LogP contribution in [0.2, 0.25) is 0 Å². The van der Waals surface area contributed by atoms with Crippen LogP contribution in [0.3, 0.4) is 0 Å². The number of furan rings is 1. The average molecular weight is 536 g/mol. The van der Waals surface area contributed by atoms with Crippen LogP contribution in [0.4, 0.5) is 11.6 Å². The Hall–Kier alpha value is -5.16. The minimum Gasteiger partial charge on any atom is -0.457 e. The Balaban J connectivity index is 1.36. The molecule has 0 saturated carbocycles. The van der Waals surface area contributed by atoms with Crippen molar-refractivity contribution in [3.05, 3.63) is 137 Å². The van der Waals surface area contributed by atoms with Crippen molar-refractivity contribution >= 4 is 44.9 Å². The lowest BCUT2D eigenvalue weighted by atomic mass is 9.95. The summed E-state index contributed by atoms with van der Waals surface area (Å²) in [6.45, 7) is 2.01. The molecular formula is C36H29N3O2. The fraction of sp³-hybridized carbons (Fsp3) is 0.111. The molecule has 5 heteroatoms. The van der Waals surface area contributed by atoms with Crippen molar-refractivity contribution in [3.63, 3.8) is 0 Å². The average Bonchev–Trinajstić information content (AvgIpc) is 3.55. The Bertz CT molecular complexity index is 1990. The molecule has 8 rings (SSSR count). The van der Waals surface area contributed by atoms with Crippen molar-refractivity contribution < 1.29 is 9.15 Å². The molecule has 0 amide bonds. The van der Waals surface area contributed by atoms with E-state index in [-0.39, 0.29) is 6.04 Å². The fourth-order valence-electron chi connectivity index (χ4n) is 6.47. The van der Waals surface area contributed by atoms with Crippen LogP contribution in [0.5, 0.6) is 5.75 Å². The van der Waals surface area contributed by atoms with Gasteiger partial charge in [0.1, 0.15) is 11.8 Å². The highest BCUT2D eigenvalue weighted by Gasteiger charge is 2.37. The molecule has 41 heavy (non-hydrogen) atoms. The molecule has 0 saturated heterocycles. The van der Waals surface area contributed by atoms with Gasteiger partial charge in [0.15, 0.2) is 17.4 Å². The van der Waals surface area contributed by atoms with E-state index < -0.39 is 0 Å². The van der Waals surface area contributed by atoms with Crippen LogP contribution in [-0.4, -0.2) is 0 Å². The number of nitrogens with zero attached hydrogens (tertiary/aromatic N) is 1. The molecular weight excluding hydrogens is 506 g/mol. The van der Waals surface area contributed by atoms with Crippen LogP contribution >= 0.6 is 0 Å². The first kappa shape index (κ1) is 23.7. The third-order valence-corrected chi connectivity index (χ3v) is 8.31. The molecule has 200 valence electrons. The lowest BCUT2D eigenvalue weighted by molar-refractivity contribution is 0.408. The molecule has 3 N–H and O–H groups in total.